The summed E-state index contributed by atoms with van der Waals surface area (Å²) in [7, 11) is 0. The van der Waals surface area contributed by atoms with Crippen molar-refractivity contribution in [3.63, 3.8) is 0 Å². The highest BCUT2D eigenvalue weighted by Gasteiger charge is 2.30. The molecule has 15 aromatic rings. The fourth-order valence-electron chi connectivity index (χ4n) is 14.0. The molecule has 0 aliphatic carbocycles. The number of rotatable bonds is 10. The van der Waals surface area contributed by atoms with Crippen molar-refractivity contribution in [3.8, 4) is 22.3 Å². The highest BCUT2D eigenvalue weighted by Crippen LogP contribution is 2.53. The monoisotopic (exact) mass is 1110 g/mol. The minimum absolute atomic E-state index is 0.0470. The molecule has 0 fully saturated rings. The molecule has 4 heterocycles. The molecule has 15 rings (SSSR count). The molecule has 0 N–H and O–H groups in total. The smallest absolute Gasteiger partial charge is 0.0641 e. The van der Waals surface area contributed by atoms with Crippen LogP contribution in [0, 0.1) is 13.8 Å². The van der Waals surface area contributed by atoms with Crippen LogP contribution in [0.5, 0.6) is 0 Å². The lowest BCUT2D eigenvalue weighted by atomic mass is 9.85. The van der Waals surface area contributed by atoms with E-state index in [4.69, 9.17) is 0 Å². The number of hydrogen-bond acceptors (Lipinski definition) is 2. The molecule has 4 heteroatoms. The first kappa shape index (κ1) is 53.4. The molecule has 4 aromatic heterocycles. The van der Waals surface area contributed by atoms with Gasteiger partial charge in [0.15, 0.2) is 0 Å². The zero-order valence-corrected chi connectivity index (χ0v) is 51.7. The van der Waals surface area contributed by atoms with Crippen molar-refractivity contribution in [3.05, 3.63) is 252 Å². The van der Waals surface area contributed by atoms with Crippen LogP contribution in [-0.2, 0) is 10.8 Å². The quantitative estimate of drug-likeness (QED) is 0.136. The van der Waals surface area contributed by atoms with Crippen LogP contribution in [0.3, 0.4) is 0 Å². The first-order valence-electron chi connectivity index (χ1n) is 31.0. The summed E-state index contributed by atoms with van der Waals surface area (Å²) in [4.78, 5) is 5.08. The van der Waals surface area contributed by atoms with Crippen molar-refractivity contribution in [1.29, 1.82) is 0 Å². The summed E-state index contributed by atoms with van der Waals surface area (Å²) < 4.78 is 5.15. The number of nitrogens with zero attached hydrogens (tertiary/aromatic N) is 4. The van der Waals surface area contributed by atoms with Crippen molar-refractivity contribution < 1.29 is 0 Å². The van der Waals surface area contributed by atoms with E-state index in [1.54, 1.807) is 0 Å². The lowest BCUT2D eigenvalue weighted by molar-refractivity contribution is 0.590. The lowest BCUT2D eigenvalue weighted by Crippen LogP contribution is -2.12. The van der Waals surface area contributed by atoms with E-state index in [0.717, 1.165) is 34.1 Å². The topological polar surface area (TPSA) is 15.3 Å². The largest absolute Gasteiger partial charge is 0.309 e. The van der Waals surface area contributed by atoms with Crippen LogP contribution in [0.25, 0.3) is 98.4 Å². The van der Waals surface area contributed by atoms with Crippen molar-refractivity contribution in [2.24, 2.45) is 0 Å². The Balaban J connectivity index is 0.981. The van der Waals surface area contributed by atoms with Gasteiger partial charge in [-0.25, -0.2) is 0 Å². The van der Waals surface area contributed by atoms with Crippen molar-refractivity contribution in [1.82, 2.24) is 8.80 Å². The number of anilines is 6. The molecule has 0 unspecified atom stereocenters. The van der Waals surface area contributed by atoms with Crippen molar-refractivity contribution >= 4 is 110 Å². The number of para-hydroxylation sites is 2. The minimum atomic E-state index is 0.0470. The van der Waals surface area contributed by atoms with E-state index in [1.165, 1.54) is 132 Å². The maximum Gasteiger partial charge on any atom is 0.0641 e. The van der Waals surface area contributed by atoms with Crippen molar-refractivity contribution in [2.45, 2.75) is 106 Å². The van der Waals surface area contributed by atoms with Crippen LogP contribution in [0.15, 0.2) is 218 Å². The SMILES string of the molecule is Cc1ccc(N(c2ccc(C(C)C)cc2-c2ccc(C(C)(C)C)cc2)c2ccc3c4cc5c(cc4n4c6ccccc6c2c34)c2ccc(N(c3ccc(C)cc3)c3ccc(C(C)C)cc3-c3ccc(C(C)(C)C)cc3)c3c4ccccc4n5c23)cc1. The fraction of sp³-hybridized carbons (Fsp3) is 0.195. The highest BCUT2D eigenvalue weighted by atomic mass is 15.2. The standard InChI is InChI=1S/C82H74N4/c1-49(2)55-29-41-71(65(45-55)53-25-31-57(32-26-53)81(7,8)9)83(59-35-21-51(5)22-36-59)73-43-39-61-67-47-76-68(48-75(67)85-69-19-15-13-17-63(69)77(73)79(61)85)62-40-44-74(78-64-18-14-16-20-70(64)86(76)80(62)78)84(60-37-23-52(6)24-38-60)72-42-30-56(50(3)4)46-66(72)54-27-33-58(34-28-54)82(10,11)12/h13-50H,1-12H3. The van der Waals surface area contributed by atoms with E-state index in [0.29, 0.717) is 11.8 Å². The number of fused-ring (bicyclic) bond motifs is 12. The second-order valence-corrected chi connectivity index (χ2v) is 27.2. The average molecular weight is 1120 g/mol. The molecule has 0 bridgehead atoms. The van der Waals surface area contributed by atoms with E-state index in [1.807, 2.05) is 0 Å². The first-order chi connectivity index (χ1) is 41.4. The van der Waals surface area contributed by atoms with Gasteiger partial charge in [-0.1, -0.05) is 214 Å². The van der Waals surface area contributed by atoms with Crippen LogP contribution in [0.1, 0.15) is 114 Å². The van der Waals surface area contributed by atoms with Gasteiger partial charge in [0.1, 0.15) is 0 Å². The fourth-order valence-corrected chi connectivity index (χ4v) is 14.0. The van der Waals surface area contributed by atoms with Gasteiger partial charge in [0, 0.05) is 65.6 Å². The van der Waals surface area contributed by atoms with E-state index >= 15 is 0 Å². The number of benzene rings is 11. The molecule has 4 nitrogen and oxygen atoms in total. The molecule has 0 saturated carbocycles. The number of aryl methyl sites for hydroxylation is 2. The van der Waals surface area contributed by atoms with Crippen LogP contribution in [0.2, 0.25) is 0 Å². The predicted octanol–water partition coefficient (Wildman–Crippen LogP) is 23.7. The van der Waals surface area contributed by atoms with Gasteiger partial charge >= 0.3 is 0 Å². The van der Waals surface area contributed by atoms with Gasteiger partial charge in [0.25, 0.3) is 0 Å². The van der Waals surface area contributed by atoms with Gasteiger partial charge in [-0.2, -0.15) is 0 Å². The van der Waals surface area contributed by atoms with Gasteiger partial charge in [-0.3, -0.25) is 0 Å². The third-order valence-corrected chi connectivity index (χ3v) is 18.8. The minimum Gasteiger partial charge on any atom is -0.309 e. The third kappa shape index (κ3) is 8.31. The Kier molecular flexibility index (Phi) is 12.2. The van der Waals surface area contributed by atoms with Crippen LogP contribution in [0.4, 0.5) is 34.1 Å². The summed E-state index contributed by atoms with van der Waals surface area (Å²) >= 11 is 0. The zero-order valence-electron chi connectivity index (χ0n) is 51.7. The Labute approximate surface area is 505 Å². The van der Waals surface area contributed by atoms with E-state index < -0.39 is 0 Å². The van der Waals surface area contributed by atoms with E-state index in [9.17, 15) is 0 Å². The van der Waals surface area contributed by atoms with Gasteiger partial charge in [-0.05, 0) is 155 Å². The Hall–Kier alpha value is -9.38. The lowest BCUT2D eigenvalue weighted by Gasteiger charge is -2.30. The van der Waals surface area contributed by atoms with Crippen molar-refractivity contribution in [2.75, 3.05) is 9.80 Å². The molecule has 0 aliphatic heterocycles. The van der Waals surface area contributed by atoms with Gasteiger partial charge in [0.05, 0.1) is 55.8 Å². The van der Waals surface area contributed by atoms with Crippen LogP contribution in [-0.4, -0.2) is 8.80 Å². The molecule has 86 heavy (non-hydrogen) atoms. The first-order valence-corrected chi connectivity index (χ1v) is 31.0. The molecule has 11 aromatic carbocycles. The molecule has 0 spiro atoms. The summed E-state index contributed by atoms with van der Waals surface area (Å²) in [5.74, 6) is 0.739. The average Bonchev–Trinajstić information content (AvgIpc) is 1.52. The number of aromatic nitrogens is 2. The summed E-state index contributed by atoms with van der Waals surface area (Å²) in [6, 6.07) is 84.0. The maximum atomic E-state index is 2.58. The van der Waals surface area contributed by atoms with E-state index in [-0.39, 0.29) is 10.8 Å². The maximum absolute atomic E-state index is 2.58. The number of hydrogen-bond donors (Lipinski definition) is 0. The molecular formula is C82H74N4. The molecule has 0 amide bonds. The Bertz CT molecular complexity index is 4790. The van der Waals surface area contributed by atoms with Gasteiger partial charge in [-0.15, -0.1) is 0 Å². The molecular weight excluding hydrogens is 1040 g/mol. The second-order valence-electron chi connectivity index (χ2n) is 27.2. The van der Waals surface area contributed by atoms with Gasteiger partial charge in [0.2, 0.25) is 0 Å². The zero-order chi connectivity index (χ0) is 59.2. The molecule has 0 radical (unpaired) electrons. The Morgan fingerprint density at radius 2 is 0.686 bits per heavy atom. The third-order valence-electron chi connectivity index (χ3n) is 18.8. The Morgan fingerprint density at radius 3 is 1.05 bits per heavy atom. The van der Waals surface area contributed by atoms with Gasteiger partial charge < -0.3 is 18.6 Å². The predicted molar refractivity (Wildman–Crippen MR) is 371 cm³/mol. The summed E-state index contributed by atoms with van der Waals surface area (Å²) in [6.45, 7) is 27.3. The van der Waals surface area contributed by atoms with Crippen LogP contribution >= 0.6 is 0 Å². The van der Waals surface area contributed by atoms with Crippen LogP contribution < -0.4 is 9.80 Å². The Morgan fingerprint density at radius 1 is 0.326 bits per heavy atom. The summed E-state index contributed by atoms with van der Waals surface area (Å²) in [5, 5.41) is 9.96. The second kappa shape index (κ2) is 19.6. The van der Waals surface area contributed by atoms with E-state index in [2.05, 4.69) is 320 Å². The molecule has 0 aliphatic rings. The summed E-state index contributed by atoms with van der Waals surface area (Å²) in [6.07, 6.45) is 0. The molecule has 0 saturated heterocycles. The normalized spacial score (nSPS) is 12.6. The highest BCUT2D eigenvalue weighted by molar-refractivity contribution is 6.32. The molecule has 0 atom stereocenters. The molecule has 422 valence electrons. The summed E-state index contributed by atoms with van der Waals surface area (Å²) in [5.41, 5.74) is 26.9.